The van der Waals surface area contributed by atoms with Crippen LogP contribution in [0.5, 0.6) is 5.75 Å². The number of halogens is 1. The molecular formula is C18H19FN2O2. The summed E-state index contributed by atoms with van der Waals surface area (Å²) < 4.78 is 19.0. The fraction of sp³-hybridized carbons (Fsp3) is 0.167. The van der Waals surface area contributed by atoms with Gasteiger partial charge in [0.1, 0.15) is 11.6 Å². The average Bonchev–Trinajstić information content (AvgIpc) is 2.49. The molecule has 0 unspecified atom stereocenters. The van der Waals surface area contributed by atoms with Crippen LogP contribution >= 0.6 is 0 Å². The van der Waals surface area contributed by atoms with Crippen LogP contribution in [0.25, 0.3) is 6.08 Å². The number of benzene rings is 2. The van der Waals surface area contributed by atoms with E-state index in [-0.39, 0.29) is 11.8 Å². The van der Waals surface area contributed by atoms with Crippen molar-refractivity contribution in [2.24, 2.45) is 0 Å². The molecule has 0 atom stereocenters. The standard InChI is InChI=1S/C18H19FN2O2/c1-12(2)23-17-9-7-13(11-15(17)20)8-10-18(22)21-16-6-4-3-5-14(16)19/h3-12H,20H2,1-2H3,(H,21,22)/b10-8-. The van der Waals surface area contributed by atoms with E-state index in [1.165, 1.54) is 18.2 Å². The Morgan fingerprint density at radius 1 is 1.26 bits per heavy atom. The molecule has 0 saturated carbocycles. The molecule has 0 aliphatic rings. The van der Waals surface area contributed by atoms with Gasteiger partial charge in [0.2, 0.25) is 5.91 Å². The summed E-state index contributed by atoms with van der Waals surface area (Å²) in [4.78, 5) is 11.8. The number of nitrogens with one attached hydrogen (secondary N) is 1. The molecule has 0 spiro atoms. The Hall–Kier alpha value is -2.82. The van der Waals surface area contributed by atoms with Crippen LogP contribution in [0.4, 0.5) is 15.8 Å². The minimum atomic E-state index is -0.478. The zero-order valence-electron chi connectivity index (χ0n) is 13.0. The van der Waals surface area contributed by atoms with Crippen molar-refractivity contribution in [1.82, 2.24) is 0 Å². The van der Waals surface area contributed by atoms with Gasteiger partial charge in [-0.1, -0.05) is 18.2 Å². The van der Waals surface area contributed by atoms with E-state index in [2.05, 4.69) is 5.32 Å². The van der Waals surface area contributed by atoms with E-state index in [4.69, 9.17) is 10.5 Å². The first-order valence-corrected chi connectivity index (χ1v) is 7.25. The summed E-state index contributed by atoms with van der Waals surface area (Å²) in [7, 11) is 0. The molecule has 23 heavy (non-hydrogen) atoms. The lowest BCUT2D eigenvalue weighted by atomic mass is 10.1. The molecule has 0 radical (unpaired) electrons. The topological polar surface area (TPSA) is 64.3 Å². The second kappa shape index (κ2) is 7.45. The monoisotopic (exact) mass is 314 g/mol. The van der Waals surface area contributed by atoms with Gasteiger partial charge >= 0.3 is 0 Å². The molecule has 0 aliphatic carbocycles. The lowest BCUT2D eigenvalue weighted by Crippen LogP contribution is -2.09. The highest BCUT2D eigenvalue weighted by molar-refractivity contribution is 6.02. The zero-order chi connectivity index (χ0) is 16.8. The number of nitrogens with two attached hydrogens (primary N) is 1. The van der Waals surface area contributed by atoms with E-state index >= 15 is 0 Å². The molecule has 0 bridgehead atoms. The Morgan fingerprint density at radius 3 is 2.65 bits per heavy atom. The second-order valence-corrected chi connectivity index (χ2v) is 5.27. The summed E-state index contributed by atoms with van der Waals surface area (Å²) in [5, 5.41) is 2.48. The highest BCUT2D eigenvalue weighted by Crippen LogP contribution is 2.24. The van der Waals surface area contributed by atoms with E-state index in [0.29, 0.717) is 11.4 Å². The third-order valence-corrected chi connectivity index (χ3v) is 2.96. The van der Waals surface area contributed by atoms with Crippen molar-refractivity contribution in [3.63, 3.8) is 0 Å². The number of rotatable bonds is 5. The molecule has 1 amide bonds. The SMILES string of the molecule is CC(C)Oc1ccc(/C=C\C(=O)Nc2ccccc2F)cc1N. The van der Waals surface area contributed by atoms with Gasteiger partial charge in [-0.2, -0.15) is 0 Å². The third-order valence-electron chi connectivity index (χ3n) is 2.96. The van der Waals surface area contributed by atoms with E-state index in [0.717, 1.165) is 5.56 Å². The molecule has 0 heterocycles. The van der Waals surface area contributed by atoms with Gasteiger partial charge in [-0.3, -0.25) is 4.79 Å². The molecular weight excluding hydrogens is 295 g/mol. The Bertz CT molecular complexity index is 727. The van der Waals surface area contributed by atoms with Crippen LogP contribution in [0.15, 0.2) is 48.5 Å². The van der Waals surface area contributed by atoms with Crippen LogP contribution in [0.1, 0.15) is 19.4 Å². The maximum Gasteiger partial charge on any atom is 0.248 e. The molecule has 2 aromatic carbocycles. The van der Waals surface area contributed by atoms with Crippen molar-refractivity contribution in [3.8, 4) is 5.75 Å². The Kier molecular flexibility index (Phi) is 5.36. The largest absolute Gasteiger partial charge is 0.489 e. The first-order chi connectivity index (χ1) is 11.0. The van der Waals surface area contributed by atoms with Crippen molar-refractivity contribution in [1.29, 1.82) is 0 Å². The summed E-state index contributed by atoms with van der Waals surface area (Å²) in [6.45, 7) is 3.83. The number of para-hydroxylation sites is 1. The van der Waals surface area contributed by atoms with Crippen molar-refractivity contribution in [2.45, 2.75) is 20.0 Å². The van der Waals surface area contributed by atoms with Gasteiger partial charge in [-0.05, 0) is 49.8 Å². The molecule has 0 aromatic heterocycles. The Morgan fingerprint density at radius 2 is 2.00 bits per heavy atom. The number of nitrogen functional groups attached to an aromatic ring is 1. The third kappa shape index (κ3) is 4.85. The van der Waals surface area contributed by atoms with Crippen LogP contribution in [-0.4, -0.2) is 12.0 Å². The predicted molar refractivity (Wildman–Crippen MR) is 90.7 cm³/mol. The van der Waals surface area contributed by atoms with Crippen LogP contribution in [0, 0.1) is 5.82 Å². The van der Waals surface area contributed by atoms with Gasteiger partial charge in [0.05, 0.1) is 17.5 Å². The molecule has 0 aliphatic heterocycles. The number of ether oxygens (including phenoxy) is 1. The molecule has 3 N–H and O–H groups in total. The van der Waals surface area contributed by atoms with E-state index in [1.54, 1.807) is 36.4 Å². The number of amides is 1. The fourth-order valence-corrected chi connectivity index (χ4v) is 1.94. The molecule has 120 valence electrons. The van der Waals surface area contributed by atoms with Crippen molar-refractivity contribution in [3.05, 3.63) is 59.9 Å². The highest BCUT2D eigenvalue weighted by Gasteiger charge is 2.05. The molecule has 5 heteroatoms. The quantitative estimate of drug-likeness (QED) is 0.651. The summed E-state index contributed by atoms with van der Waals surface area (Å²) in [6.07, 6.45) is 2.96. The predicted octanol–water partition coefficient (Wildman–Crippen LogP) is 3.85. The Balaban J connectivity index is 2.04. The number of carbonyl (C=O) groups excluding carboxylic acids is 1. The number of anilines is 2. The van der Waals surface area contributed by atoms with E-state index in [9.17, 15) is 9.18 Å². The first kappa shape index (κ1) is 16.5. The lowest BCUT2D eigenvalue weighted by molar-refractivity contribution is -0.111. The van der Waals surface area contributed by atoms with Crippen molar-refractivity contribution < 1.29 is 13.9 Å². The number of hydrogen-bond donors (Lipinski definition) is 2. The summed E-state index contributed by atoms with van der Waals surface area (Å²) >= 11 is 0. The van der Waals surface area contributed by atoms with E-state index < -0.39 is 11.7 Å². The van der Waals surface area contributed by atoms with Gasteiger partial charge in [0.15, 0.2) is 0 Å². The second-order valence-electron chi connectivity index (χ2n) is 5.27. The zero-order valence-corrected chi connectivity index (χ0v) is 13.0. The van der Waals surface area contributed by atoms with Crippen molar-refractivity contribution in [2.75, 3.05) is 11.1 Å². The van der Waals surface area contributed by atoms with Gasteiger partial charge in [-0.15, -0.1) is 0 Å². The van der Waals surface area contributed by atoms with Crippen molar-refractivity contribution >= 4 is 23.4 Å². The van der Waals surface area contributed by atoms with Crippen LogP contribution in [-0.2, 0) is 4.79 Å². The molecule has 4 nitrogen and oxygen atoms in total. The first-order valence-electron chi connectivity index (χ1n) is 7.25. The minimum Gasteiger partial charge on any atom is -0.489 e. The maximum absolute atomic E-state index is 13.4. The minimum absolute atomic E-state index is 0.0326. The normalized spacial score (nSPS) is 11.0. The fourth-order valence-electron chi connectivity index (χ4n) is 1.94. The highest BCUT2D eigenvalue weighted by atomic mass is 19.1. The average molecular weight is 314 g/mol. The van der Waals surface area contributed by atoms with Gasteiger partial charge in [0, 0.05) is 6.08 Å². The maximum atomic E-state index is 13.4. The molecule has 0 saturated heterocycles. The summed E-state index contributed by atoms with van der Waals surface area (Å²) in [5.41, 5.74) is 7.30. The summed E-state index contributed by atoms with van der Waals surface area (Å²) in [5.74, 6) is -0.294. The molecule has 0 fully saturated rings. The smallest absolute Gasteiger partial charge is 0.248 e. The van der Waals surface area contributed by atoms with Gasteiger partial charge in [0.25, 0.3) is 0 Å². The number of hydrogen-bond acceptors (Lipinski definition) is 3. The molecule has 2 aromatic rings. The van der Waals surface area contributed by atoms with Gasteiger partial charge < -0.3 is 15.8 Å². The van der Waals surface area contributed by atoms with E-state index in [1.807, 2.05) is 13.8 Å². The molecule has 2 rings (SSSR count). The number of carbonyl (C=O) groups is 1. The van der Waals surface area contributed by atoms with Gasteiger partial charge in [-0.25, -0.2) is 4.39 Å². The summed E-state index contributed by atoms with van der Waals surface area (Å²) in [6, 6.07) is 11.3. The van der Waals surface area contributed by atoms with Crippen LogP contribution in [0.2, 0.25) is 0 Å². The van der Waals surface area contributed by atoms with Crippen LogP contribution < -0.4 is 15.8 Å². The lowest BCUT2D eigenvalue weighted by Gasteiger charge is -2.12. The van der Waals surface area contributed by atoms with Crippen LogP contribution in [0.3, 0.4) is 0 Å². The Labute approximate surface area is 134 Å².